The first-order valence-electron chi connectivity index (χ1n) is 10.1. The number of carbonyl (C=O) groups is 1. The fraction of sp³-hybridized carbons (Fsp3) is 0.208. The number of aliphatic hydroxyl groups excluding tert-OH is 1. The first-order valence-corrected chi connectivity index (χ1v) is 10.1. The molecule has 0 aliphatic rings. The number of ether oxygens (including phenoxy) is 1. The average molecular weight is 436 g/mol. The molecule has 0 radical (unpaired) electrons. The lowest BCUT2D eigenvalue weighted by molar-refractivity contribution is -0.104. The Hall–Kier alpha value is -3.78. The molecule has 0 saturated carbocycles. The predicted octanol–water partition coefficient (Wildman–Crippen LogP) is 3.05. The Balaban J connectivity index is 2.21. The van der Waals surface area contributed by atoms with Crippen molar-refractivity contribution < 1.29 is 19.0 Å². The normalized spacial score (nSPS) is 13.6. The molecule has 32 heavy (non-hydrogen) atoms. The number of halogens is 1. The summed E-state index contributed by atoms with van der Waals surface area (Å²) in [5.74, 6) is -0.377. The molecule has 8 heteroatoms. The van der Waals surface area contributed by atoms with Gasteiger partial charge in [0, 0.05) is 22.6 Å². The number of amidine groups is 1. The number of hydrogen-bond acceptors (Lipinski definition) is 6. The topological polar surface area (TPSA) is 124 Å². The fourth-order valence-corrected chi connectivity index (χ4v) is 3.28. The van der Waals surface area contributed by atoms with Crippen molar-refractivity contribution >= 4 is 28.7 Å². The number of benzene rings is 2. The molecule has 0 saturated heterocycles. The van der Waals surface area contributed by atoms with E-state index in [1.54, 1.807) is 6.07 Å². The number of fused-ring (bicyclic) bond motifs is 1. The van der Waals surface area contributed by atoms with E-state index in [0.717, 1.165) is 5.56 Å². The Bertz CT molecular complexity index is 1190. The third kappa shape index (κ3) is 4.60. The summed E-state index contributed by atoms with van der Waals surface area (Å²) in [6, 6.07) is 13.4. The molecule has 166 valence electrons. The Kier molecular flexibility index (Phi) is 7.17. The molecule has 3 aromatic rings. The minimum atomic E-state index is -0.663. The summed E-state index contributed by atoms with van der Waals surface area (Å²) in [4.78, 5) is 20.5. The van der Waals surface area contributed by atoms with Crippen molar-refractivity contribution in [3.63, 3.8) is 0 Å². The third-order valence-corrected chi connectivity index (χ3v) is 5.13. The molecular weight excluding hydrogens is 411 g/mol. The molecule has 1 aromatic heterocycles. The summed E-state index contributed by atoms with van der Waals surface area (Å²) in [7, 11) is 1.50. The van der Waals surface area contributed by atoms with Gasteiger partial charge in [-0.2, -0.15) is 0 Å². The van der Waals surface area contributed by atoms with Gasteiger partial charge < -0.3 is 21.3 Å². The standard InChI is InChI=1S/C24H25FN4O3/c1-3-15(12-30)28-24(27)18(13-31)23(26)16-10-21-17(9-19(16)25)22(32-2)11-20(29-21)14-7-5-4-6-8-14/h4-11,13,15,30H,3,12,26H2,1-2H3,(H2,27,28)/b23-18-. The number of nitrogens with zero attached hydrogens (tertiary/aromatic N) is 2. The van der Waals surface area contributed by atoms with Gasteiger partial charge in [-0.25, -0.2) is 9.37 Å². The first-order chi connectivity index (χ1) is 15.4. The number of rotatable bonds is 8. The molecule has 0 aliphatic carbocycles. The van der Waals surface area contributed by atoms with Crippen LogP contribution in [0.5, 0.6) is 5.75 Å². The summed E-state index contributed by atoms with van der Waals surface area (Å²) in [5.41, 5.74) is 13.7. The van der Waals surface area contributed by atoms with E-state index >= 15 is 4.39 Å². The first kappa shape index (κ1) is 22.9. The number of aromatic nitrogens is 1. The quantitative estimate of drug-likeness (QED) is 0.216. The zero-order chi connectivity index (χ0) is 23.3. The second kappa shape index (κ2) is 10.0. The SMILES string of the molecule is CCC(CO)N=C(N)/C(C=O)=C(\N)c1cc2nc(-c3ccccc3)cc(OC)c2cc1F. The Morgan fingerprint density at radius 1 is 1.25 bits per heavy atom. The lowest BCUT2D eigenvalue weighted by atomic mass is 10.0. The lowest BCUT2D eigenvalue weighted by Gasteiger charge is -2.13. The monoisotopic (exact) mass is 436 g/mol. The van der Waals surface area contributed by atoms with E-state index < -0.39 is 11.9 Å². The minimum absolute atomic E-state index is 0.0328. The maximum Gasteiger partial charge on any atom is 0.155 e. The molecule has 0 bridgehead atoms. The van der Waals surface area contributed by atoms with Crippen molar-refractivity contribution in [1.29, 1.82) is 0 Å². The fourth-order valence-electron chi connectivity index (χ4n) is 3.28. The Morgan fingerprint density at radius 2 is 1.97 bits per heavy atom. The van der Waals surface area contributed by atoms with Gasteiger partial charge in [0.1, 0.15) is 17.4 Å². The molecule has 1 unspecified atom stereocenters. The van der Waals surface area contributed by atoms with Gasteiger partial charge in [0.2, 0.25) is 0 Å². The van der Waals surface area contributed by atoms with Crippen LogP contribution in [0.3, 0.4) is 0 Å². The number of aliphatic hydroxyl groups is 1. The molecule has 2 aromatic carbocycles. The smallest absolute Gasteiger partial charge is 0.155 e. The Labute approximate surface area is 185 Å². The summed E-state index contributed by atoms with van der Waals surface area (Å²) >= 11 is 0. The number of pyridine rings is 1. The zero-order valence-electron chi connectivity index (χ0n) is 17.9. The van der Waals surface area contributed by atoms with Crippen LogP contribution in [0.1, 0.15) is 18.9 Å². The van der Waals surface area contributed by atoms with E-state index in [-0.39, 0.29) is 29.3 Å². The highest BCUT2D eigenvalue weighted by molar-refractivity contribution is 6.18. The second-order valence-electron chi connectivity index (χ2n) is 7.13. The number of aldehydes is 1. The molecule has 0 aliphatic heterocycles. The highest BCUT2D eigenvalue weighted by Gasteiger charge is 2.18. The maximum absolute atomic E-state index is 15.0. The molecule has 0 fully saturated rings. The minimum Gasteiger partial charge on any atom is -0.496 e. The van der Waals surface area contributed by atoms with Crippen LogP contribution < -0.4 is 16.2 Å². The number of carbonyl (C=O) groups excluding carboxylic acids is 1. The summed E-state index contributed by atoms with van der Waals surface area (Å²) in [6.45, 7) is 1.58. The van der Waals surface area contributed by atoms with Crippen molar-refractivity contribution in [2.24, 2.45) is 16.5 Å². The molecule has 3 rings (SSSR count). The molecular formula is C24H25FN4O3. The highest BCUT2D eigenvalue weighted by atomic mass is 19.1. The Morgan fingerprint density at radius 3 is 2.56 bits per heavy atom. The molecule has 1 heterocycles. The lowest BCUT2D eigenvalue weighted by Crippen LogP contribution is -2.24. The van der Waals surface area contributed by atoms with E-state index in [0.29, 0.717) is 35.1 Å². The van der Waals surface area contributed by atoms with Crippen LogP contribution in [0.15, 0.2) is 59.1 Å². The van der Waals surface area contributed by atoms with Crippen LogP contribution in [0.4, 0.5) is 4.39 Å². The molecule has 0 spiro atoms. The van der Waals surface area contributed by atoms with E-state index in [1.807, 2.05) is 37.3 Å². The van der Waals surface area contributed by atoms with E-state index in [2.05, 4.69) is 9.98 Å². The van der Waals surface area contributed by atoms with Gasteiger partial charge in [0.15, 0.2) is 6.29 Å². The number of hydrogen-bond donors (Lipinski definition) is 3. The number of aliphatic imine (C=N–C) groups is 1. The van der Waals surface area contributed by atoms with Crippen LogP contribution in [-0.2, 0) is 4.79 Å². The number of nitrogens with two attached hydrogens (primary N) is 2. The van der Waals surface area contributed by atoms with Gasteiger partial charge in [-0.05, 0) is 18.6 Å². The molecule has 1 atom stereocenters. The van der Waals surface area contributed by atoms with Crippen LogP contribution in [0.25, 0.3) is 27.9 Å². The molecule has 0 amide bonds. The van der Waals surface area contributed by atoms with Crippen LogP contribution >= 0.6 is 0 Å². The van der Waals surface area contributed by atoms with Gasteiger partial charge in [-0.3, -0.25) is 9.79 Å². The predicted molar refractivity (Wildman–Crippen MR) is 124 cm³/mol. The van der Waals surface area contributed by atoms with Gasteiger partial charge in [0.25, 0.3) is 0 Å². The molecule has 7 nitrogen and oxygen atoms in total. The maximum atomic E-state index is 15.0. The van der Waals surface area contributed by atoms with Gasteiger partial charge in [-0.1, -0.05) is 37.3 Å². The molecule has 5 N–H and O–H groups in total. The van der Waals surface area contributed by atoms with Crippen LogP contribution in [0, 0.1) is 5.82 Å². The zero-order valence-corrected chi connectivity index (χ0v) is 17.9. The van der Waals surface area contributed by atoms with Crippen molar-refractivity contribution in [2.45, 2.75) is 19.4 Å². The van der Waals surface area contributed by atoms with Gasteiger partial charge in [-0.15, -0.1) is 0 Å². The van der Waals surface area contributed by atoms with Crippen LogP contribution in [0.2, 0.25) is 0 Å². The van der Waals surface area contributed by atoms with E-state index in [9.17, 15) is 9.90 Å². The average Bonchev–Trinajstić information content (AvgIpc) is 2.82. The van der Waals surface area contributed by atoms with Gasteiger partial charge in [0.05, 0.1) is 42.2 Å². The second-order valence-corrected chi connectivity index (χ2v) is 7.13. The van der Waals surface area contributed by atoms with Crippen LogP contribution in [-0.4, -0.2) is 42.0 Å². The van der Waals surface area contributed by atoms with Crippen molar-refractivity contribution in [2.75, 3.05) is 13.7 Å². The number of methoxy groups -OCH3 is 1. The third-order valence-electron chi connectivity index (χ3n) is 5.13. The van der Waals surface area contributed by atoms with Gasteiger partial charge >= 0.3 is 0 Å². The van der Waals surface area contributed by atoms with E-state index in [4.69, 9.17) is 16.2 Å². The largest absolute Gasteiger partial charge is 0.496 e. The van der Waals surface area contributed by atoms with Crippen molar-refractivity contribution in [1.82, 2.24) is 4.98 Å². The van der Waals surface area contributed by atoms with E-state index in [1.165, 1.54) is 19.2 Å². The highest BCUT2D eigenvalue weighted by Crippen LogP contribution is 2.32. The summed E-state index contributed by atoms with van der Waals surface area (Å²) in [5, 5.41) is 9.80. The summed E-state index contributed by atoms with van der Waals surface area (Å²) in [6.07, 6.45) is 0.940. The summed E-state index contributed by atoms with van der Waals surface area (Å²) < 4.78 is 20.5. The van der Waals surface area contributed by atoms with Crippen molar-refractivity contribution in [3.8, 4) is 17.0 Å². The van der Waals surface area contributed by atoms with Crippen molar-refractivity contribution in [3.05, 3.63) is 65.5 Å².